The largest absolute Gasteiger partial charge is 0.495 e. The fraction of sp³-hybridized carbons (Fsp3) is 0.100. The summed E-state index contributed by atoms with van der Waals surface area (Å²) in [6, 6.07) is 5.36. The third-order valence-electron chi connectivity index (χ3n) is 2.06. The summed E-state index contributed by atoms with van der Waals surface area (Å²) in [5.74, 6) is 0.895. The Bertz CT molecular complexity index is 482. The number of methoxy groups -OCH3 is 1. The van der Waals surface area contributed by atoms with Crippen LogP contribution in [0.3, 0.4) is 0 Å². The van der Waals surface area contributed by atoms with Crippen molar-refractivity contribution in [2.45, 2.75) is 0 Å². The topological polar surface area (TPSA) is 61.3 Å². The van der Waals surface area contributed by atoms with Gasteiger partial charge >= 0.3 is 0 Å². The lowest BCUT2D eigenvalue weighted by Gasteiger charge is -2.04. The van der Waals surface area contributed by atoms with Gasteiger partial charge in [0.25, 0.3) is 0 Å². The summed E-state index contributed by atoms with van der Waals surface area (Å²) >= 11 is 5.98. The molecule has 1 aromatic heterocycles. The molecule has 0 radical (unpaired) electrons. The lowest BCUT2D eigenvalue weighted by molar-refractivity contribution is 0.415. The van der Waals surface area contributed by atoms with Gasteiger partial charge in [0, 0.05) is 0 Å². The smallest absolute Gasteiger partial charge is 0.229 e. The number of rotatable bonds is 2. The van der Waals surface area contributed by atoms with Crippen LogP contribution in [0.15, 0.2) is 28.9 Å². The maximum atomic E-state index is 5.98. The maximum absolute atomic E-state index is 5.98. The standard InChI is InChI=1S/C10H9ClN2O2/c1-14-9-3-2-6(4-8(9)11)7-5-13-15-10(7)12/h2-5H,12H2,1H3. The van der Waals surface area contributed by atoms with Crippen molar-refractivity contribution >= 4 is 17.5 Å². The highest BCUT2D eigenvalue weighted by atomic mass is 35.5. The minimum absolute atomic E-state index is 0.274. The van der Waals surface area contributed by atoms with E-state index in [-0.39, 0.29) is 5.88 Å². The molecule has 15 heavy (non-hydrogen) atoms. The van der Waals surface area contributed by atoms with Gasteiger partial charge in [0.1, 0.15) is 5.75 Å². The van der Waals surface area contributed by atoms with Crippen LogP contribution >= 0.6 is 11.6 Å². The van der Waals surface area contributed by atoms with Gasteiger partial charge in [-0.25, -0.2) is 0 Å². The zero-order valence-corrected chi connectivity index (χ0v) is 8.78. The molecule has 2 N–H and O–H groups in total. The molecule has 4 nitrogen and oxygen atoms in total. The van der Waals surface area contributed by atoms with Crippen molar-refractivity contribution in [2.24, 2.45) is 0 Å². The molecule has 0 atom stereocenters. The molecule has 0 unspecified atom stereocenters. The number of halogens is 1. The highest BCUT2D eigenvalue weighted by molar-refractivity contribution is 6.32. The van der Waals surface area contributed by atoms with Crippen LogP contribution in [0, 0.1) is 0 Å². The van der Waals surface area contributed by atoms with Gasteiger partial charge in [-0.05, 0) is 17.7 Å². The van der Waals surface area contributed by atoms with Crippen molar-refractivity contribution < 1.29 is 9.26 Å². The second kappa shape index (κ2) is 3.82. The van der Waals surface area contributed by atoms with E-state index in [1.807, 2.05) is 6.07 Å². The predicted molar refractivity (Wildman–Crippen MR) is 57.9 cm³/mol. The van der Waals surface area contributed by atoms with Gasteiger partial charge in [-0.15, -0.1) is 0 Å². The molecule has 0 saturated carbocycles. The summed E-state index contributed by atoms with van der Waals surface area (Å²) < 4.78 is 9.81. The van der Waals surface area contributed by atoms with E-state index in [0.717, 1.165) is 11.1 Å². The SMILES string of the molecule is COc1ccc(-c2cnoc2N)cc1Cl. The van der Waals surface area contributed by atoms with Crippen molar-refractivity contribution in [3.8, 4) is 16.9 Å². The number of ether oxygens (including phenoxy) is 1. The average Bonchev–Trinajstić information content (AvgIpc) is 2.64. The van der Waals surface area contributed by atoms with E-state index in [1.54, 1.807) is 25.4 Å². The molecule has 0 spiro atoms. The number of hydrogen-bond donors (Lipinski definition) is 1. The van der Waals surface area contributed by atoms with Gasteiger partial charge in [-0.1, -0.05) is 22.8 Å². The van der Waals surface area contributed by atoms with E-state index < -0.39 is 0 Å². The maximum Gasteiger partial charge on any atom is 0.229 e. The molecule has 0 amide bonds. The van der Waals surface area contributed by atoms with Gasteiger partial charge in [-0.3, -0.25) is 0 Å². The van der Waals surface area contributed by atoms with E-state index in [9.17, 15) is 0 Å². The molecule has 0 saturated heterocycles. The Morgan fingerprint density at radius 2 is 2.27 bits per heavy atom. The molecule has 2 aromatic rings. The molecule has 78 valence electrons. The molecule has 0 fully saturated rings. The van der Waals surface area contributed by atoms with Gasteiger partial charge in [0.2, 0.25) is 5.88 Å². The lowest BCUT2D eigenvalue weighted by Crippen LogP contribution is -1.87. The quantitative estimate of drug-likeness (QED) is 0.852. The number of nitrogen functional groups attached to an aromatic ring is 1. The third kappa shape index (κ3) is 1.76. The van der Waals surface area contributed by atoms with E-state index in [2.05, 4.69) is 5.16 Å². The number of nitrogens with two attached hydrogens (primary N) is 1. The molecular weight excluding hydrogens is 216 g/mol. The normalized spacial score (nSPS) is 10.3. The summed E-state index contributed by atoms with van der Waals surface area (Å²) in [4.78, 5) is 0. The van der Waals surface area contributed by atoms with E-state index in [4.69, 9.17) is 26.6 Å². The molecule has 0 aliphatic carbocycles. The van der Waals surface area contributed by atoms with Crippen LogP contribution in [0.1, 0.15) is 0 Å². The van der Waals surface area contributed by atoms with Crippen LogP contribution in [0.4, 0.5) is 5.88 Å². The second-order valence-corrected chi connectivity index (χ2v) is 3.36. The van der Waals surface area contributed by atoms with Gasteiger partial charge < -0.3 is 15.0 Å². The first kappa shape index (κ1) is 9.86. The van der Waals surface area contributed by atoms with E-state index in [0.29, 0.717) is 10.8 Å². The molecule has 1 aromatic carbocycles. The Kier molecular flexibility index (Phi) is 2.51. The summed E-state index contributed by atoms with van der Waals surface area (Å²) in [6.45, 7) is 0. The highest BCUT2D eigenvalue weighted by Gasteiger charge is 2.09. The Morgan fingerprint density at radius 3 is 2.80 bits per heavy atom. The Balaban J connectivity index is 2.47. The minimum atomic E-state index is 0.274. The monoisotopic (exact) mass is 224 g/mol. The molecule has 0 bridgehead atoms. The predicted octanol–water partition coefficient (Wildman–Crippen LogP) is 2.59. The van der Waals surface area contributed by atoms with Crippen molar-refractivity contribution in [2.75, 3.05) is 12.8 Å². The van der Waals surface area contributed by atoms with Crippen molar-refractivity contribution in [1.82, 2.24) is 5.16 Å². The molecule has 0 aliphatic rings. The number of benzene rings is 1. The van der Waals surface area contributed by atoms with Crippen LogP contribution in [0.2, 0.25) is 5.02 Å². The van der Waals surface area contributed by atoms with Crippen LogP contribution in [-0.4, -0.2) is 12.3 Å². The van der Waals surface area contributed by atoms with Gasteiger partial charge in [-0.2, -0.15) is 0 Å². The Morgan fingerprint density at radius 1 is 1.47 bits per heavy atom. The van der Waals surface area contributed by atoms with Gasteiger partial charge in [0.15, 0.2) is 0 Å². The van der Waals surface area contributed by atoms with Crippen LogP contribution in [0.5, 0.6) is 5.75 Å². The molecule has 2 rings (SSSR count). The number of nitrogens with zero attached hydrogens (tertiary/aromatic N) is 1. The van der Waals surface area contributed by atoms with E-state index in [1.165, 1.54) is 0 Å². The second-order valence-electron chi connectivity index (χ2n) is 2.95. The van der Waals surface area contributed by atoms with Crippen molar-refractivity contribution in [1.29, 1.82) is 0 Å². The number of aromatic nitrogens is 1. The fourth-order valence-electron chi connectivity index (χ4n) is 1.30. The molecule has 5 heteroatoms. The number of hydrogen-bond acceptors (Lipinski definition) is 4. The zero-order valence-electron chi connectivity index (χ0n) is 8.03. The average molecular weight is 225 g/mol. The Labute approximate surface area is 91.6 Å². The summed E-state index contributed by atoms with van der Waals surface area (Å²) in [5, 5.41) is 4.12. The summed E-state index contributed by atoms with van der Waals surface area (Å²) in [6.07, 6.45) is 1.55. The highest BCUT2D eigenvalue weighted by Crippen LogP contribution is 2.32. The van der Waals surface area contributed by atoms with Crippen LogP contribution in [0.25, 0.3) is 11.1 Å². The van der Waals surface area contributed by atoms with Crippen LogP contribution in [-0.2, 0) is 0 Å². The first-order valence-corrected chi connectivity index (χ1v) is 4.64. The summed E-state index contributed by atoms with van der Waals surface area (Å²) in [7, 11) is 1.56. The zero-order chi connectivity index (χ0) is 10.8. The fourth-order valence-corrected chi connectivity index (χ4v) is 1.56. The minimum Gasteiger partial charge on any atom is -0.495 e. The Hall–Kier alpha value is -1.68. The van der Waals surface area contributed by atoms with E-state index >= 15 is 0 Å². The van der Waals surface area contributed by atoms with Crippen LogP contribution < -0.4 is 10.5 Å². The van der Waals surface area contributed by atoms with Gasteiger partial charge in [0.05, 0.1) is 23.9 Å². The first-order chi connectivity index (χ1) is 7.22. The molecule has 0 aliphatic heterocycles. The first-order valence-electron chi connectivity index (χ1n) is 4.26. The van der Waals surface area contributed by atoms with Crippen molar-refractivity contribution in [3.63, 3.8) is 0 Å². The molecule has 1 heterocycles. The van der Waals surface area contributed by atoms with Crippen molar-refractivity contribution in [3.05, 3.63) is 29.4 Å². The number of anilines is 1. The lowest BCUT2D eigenvalue weighted by atomic mass is 10.1. The third-order valence-corrected chi connectivity index (χ3v) is 2.36. The molecular formula is C10H9ClN2O2. The summed E-state index contributed by atoms with van der Waals surface area (Å²) in [5.41, 5.74) is 7.16.